The molecule has 0 saturated carbocycles. The molecule has 0 spiro atoms. The van der Waals surface area contributed by atoms with E-state index in [1.54, 1.807) is 6.26 Å². The third-order valence-electron chi connectivity index (χ3n) is 4.96. The second-order valence-corrected chi connectivity index (χ2v) is 7.60. The Morgan fingerprint density at radius 3 is 2.66 bits per heavy atom. The van der Waals surface area contributed by atoms with Gasteiger partial charge in [0.05, 0.1) is 6.54 Å². The van der Waals surface area contributed by atoms with Gasteiger partial charge in [-0.3, -0.25) is 4.79 Å². The van der Waals surface area contributed by atoms with Gasteiger partial charge in [0.25, 0.3) is 0 Å². The lowest BCUT2D eigenvalue weighted by molar-refractivity contribution is -0.135. The topological polar surface area (TPSA) is 82.8 Å². The molecule has 2 heterocycles. The molecular weight excluding hydrogens is 366 g/mol. The lowest BCUT2D eigenvalue weighted by atomic mass is 10.0. The molecule has 0 radical (unpaired) electrons. The van der Waals surface area contributed by atoms with Crippen LogP contribution < -0.4 is 10.6 Å². The number of hydrogen-bond acceptors (Lipinski definition) is 4. The van der Waals surface area contributed by atoms with E-state index in [-0.39, 0.29) is 11.8 Å². The fraction of sp³-hybridized carbons (Fsp3) is 0.500. The largest absolute Gasteiger partial charge is 0.444 e. The smallest absolute Gasteiger partial charge is 0.226 e. The van der Waals surface area contributed by atoms with Crippen molar-refractivity contribution in [3.8, 4) is 11.5 Å². The second kappa shape index (κ2) is 10.1. The van der Waals surface area contributed by atoms with Crippen molar-refractivity contribution >= 4 is 11.9 Å². The van der Waals surface area contributed by atoms with Crippen molar-refractivity contribution < 1.29 is 9.21 Å². The average molecular weight is 398 g/mol. The first-order valence-electron chi connectivity index (χ1n) is 10.4. The van der Waals surface area contributed by atoms with Crippen molar-refractivity contribution in [1.82, 2.24) is 20.5 Å². The van der Waals surface area contributed by atoms with Gasteiger partial charge in [-0.2, -0.15) is 0 Å². The van der Waals surface area contributed by atoms with Crippen molar-refractivity contribution in [3.05, 3.63) is 42.3 Å². The van der Waals surface area contributed by atoms with Crippen molar-refractivity contribution in [3.63, 3.8) is 0 Å². The first kappa shape index (κ1) is 20.9. The highest BCUT2D eigenvalue weighted by molar-refractivity contribution is 5.80. The predicted molar refractivity (Wildman–Crippen MR) is 114 cm³/mol. The molecule has 0 aliphatic carbocycles. The van der Waals surface area contributed by atoms with Gasteiger partial charge in [-0.05, 0) is 31.9 Å². The maximum absolute atomic E-state index is 12.1. The Bertz CT molecular complexity index is 808. The highest BCUT2D eigenvalue weighted by atomic mass is 16.3. The Labute approximate surface area is 172 Å². The van der Waals surface area contributed by atoms with Crippen LogP contribution in [0.15, 0.2) is 46.0 Å². The lowest BCUT2D eigenvalue weighted by Gasteiger charge is -2.34. The van der Waals surface area contributed by atoms with Gasteiger partial charge < -0.3 is 20.0 Å². The van der Waals surface area contributed by atoms with Gasteiger partial charge in [0.15, 0.2) is 5.96 Å². The van der Waals surface area contributed by atoms with Crippen molar-refractivity contribution in [2.45, 2.75) is 46.2 Å². The molecule has 29 heavy (non-hydrogen) atoms. The zero-order chi connectivity index (χ0) is 20.6. The van der Waals surface area contributed by atoms with Gasteiger partial charge in [-0.1, -0.05) is 32.0 Å². The summed E-state index contributed by atoms with van der Waals surface area (Å²) < 4.78 is 5.59. The van der Waals surface area contributed by atoms with Crippen LogP contribution >= 0.6 is 0 Å². The number of aromatic nitrogens is 1. The van der Waals surface area contributed by atoms with Crippen LogP contribution in [0.3, 0.4) is 0 Å². The molecule has 0 atom stereocenters. The molecule has 1 amide bonds. The Morgan fingerprint density at radius 1 is 1.28 bits per heavy atom. The van der Waals surface area contributed by atoms with E-state index >= 15 is 0 Å². The quantitative estimate of drug-likeness (QED) is 0.578. The molecule has 1 aliphatic heterocycles. The lowest BCUT2D eigenvalue weighted by Crippen LogP contribution is -2.50. The average Bonchev–Trinajstić information content (AvgIpc) is 3.22. The van der Waals surface area contributed by atoms with E-state index in [1.807, 2.05) is 56.0 Å². The number of guanidine groups is 1. The van der Waals surface area contributed by atoms with Crippen LogP contribution in [0, 0.1) is 5.92 Å². The Hall–Kier alpha value is -2.83. The molecule has 156 valence electrons. The van der Waals surface area contributed by atoms with Crippen molar-refractivity contribution in [2.75, 3.05) is 19.6 Å². The fourth-order valence-electron chi connectivity index (χ4n) is 3.38. The summed E-state index contributed by atoms with van der Waals surface area (Å²) in [5, 5.41) is 6.79. The van der Waals surface area contributed by atoms with Gasteiger partial charge in [0, 0.05) is 37.2 Å². The number of nitrogens with one attached hydrogen (secondary N) is 2. The monoisotopic (exact) mass is 397 g/mol. The standard InChI is InChI=1S/C22H31N5O2/c1-4-23-22(26-18-10-12-27(13-11-18)21(28)16(2)3)24-14-19-15-29-20(25-19)17-8-6-5-7-9-17/h5-9,15-16,18H,4,10-14H2,1-3H3,(H2,23,24,26). The minimum atomic E-state index is 0.0571. The summed E-state index contributed by atoms with van der Waals surface area (Å²) in [6.07, 6.45) is 3.50. The van der Waals surface area contributed by atoms with Gasteiger partial charge >= 0.3 is 0 Å². The molecule has 7 heteroatoms. The number of carbonyl (C=O) groups is 1. The SMILES string of the molecule is CCNC(=NCc1coc(-c2ccccc2)n1)NC1CCN(C(=O)C(C)C)CC1. The maximum atomic E-state index is 12.1. The summed E-state index contributed by atoms with van der Waals surface area (Å²) in [6.45, 7) is 8.76. The molecule has 2 aromatic rings. The number of carbonyl (C=O) groups excluding carboxylic acids is 1. The van der Waals surface area contributed by atoms with Crippen LogP contribution in [0.1, 0.15) is 39.3 Å². The van der Waals surface area contributed by atoms with Crippen LogP contribution in [0.5, 0.6) is 0 Å². The van der Waals surface area contributed by atoms with Crippen LogP contribution in [0.25, 0.3) is 11.5 Å². The van der Waals surface area contributed by atoms with E-state index in [0.29, 0.717) is 18.5 Å². The summed E-state index contributed by atoms with van der Waals surface area (Å²) in [6, 6.07) is 10.1. The Balaban J connectivity index is 1.55. The van der Waals surface area contributed by atoms with Crippen LogP contribution in [0.4, 0.5) is 0 Å². The summed E-state index contributed by atoms with van der Waals surface area (Å²) in [5.74, 6) is 1.67. The zero-order valence-corrected chi connectivity index (χ0v) is 17.5. The summed E-state index contributed by atoms with van der Waals surface area (Å²) in [5.41, 5.74) is 1.74. The number of amides is 1. The summed E-state index contributed by atoms with van der Waals surface area (Å²) >= 11 is 0. The molecular formula is C22H31N5O2. The van der Waals surface area contributed by atoms with E-state index in [2.05, 4.69) is 20.6 Å². The zero-order valence-electron chi connectivity index (χ0n) is 17.5. The van der Waals surface area contributed by atoms with Crippen molar-refractivity contribution in [1.29, 1.82) is 0 Å². The third kappa shape index (κ3) is 5.82. The van der Waals surface area contributed by atoms with Gasteiger partial charge in [0.1, 0.15) is 12.0 Å². The number of piperidine rings is 1. The van der Waals surface area contributed by atoms with Gasteiger partial charge in [-0.25, -0.2) is 9.98 Å². The molecule has 2 N–H and O–H groups in total. The molecule has 0 unspecified atom stereocenters. The number of rotatable bonds is 6. The normalized spacial score (nSPS) is 15.6. The van der Waals surface area contributed by atoms with Crippen molar-refractivity contribution in [2.24, 2.45) is 10.9 Å². The minimum absolute atomic E-state index is 0.0571. The molecule has 0 bridgehead atoms. The number of benzene rings is 1. The number of aliphatic imine (C=N–C) groups is 1. The number of nitrogens with zero attached hydrogens (tertiary/aromatic N) is 3. The predicted octanol–water partition coefficient (Wildman–Crippen LogP) is 3.04. The first-order valence-corrected chi connectivity index (χ1v) is 10.4. The first-order chi connectivity index (χ1) is 14.1. The molecule has 1 fully saturated rings. The van der Waals surface area contributed by atoms with Crippen LogP contribution in [0.2, 0.25) is 0 Å². The maximum Gasteiger partial charge on any atom is 0.226 e. The number of oxazole rings is 1. The minimum Gasteiger partial charge on any atom is -0.444 e. The highest BCUT2D eigenvalue weighted by Crippen LogP contribution is 2.18. The molecule has 1 aliphatic rings. The number of hydrogen-bond donors (Lipinski definition) is 2. The Kier molecular flexibility index (Phi) is 7.27. The van der Waals surface area contributed by atoms with Crippen LogP contribution in [-0.4, -0.2) is 47.4 Å². The van der Waals surface area contributed by atoms with E-state index < -0.39 is 0 Å². The summed E-state index contributed by atoms with van der Waals surface area (Å²) in [4.78, 5) is 23.3. The second-order valence-electron chi connectivity index (χ2n) is 7.60. The molecule has 1 saturated heterocycles. The summed E-state index contributed by atoms with van der Waals surface area (Å²) in [7, 11) is 0. The number of likely N-dealkylation sites (tertiary alicyclic amines) is 1. The van der Waals surface area contributed by atoms with E-state index in [9.17, 15) is 4.79 Å². The van der Waals surface area contributed by atoms with Crippen LogP contribution in [-0.2, 0) is 11.3 Å². The van der Waals surface area contributed by atoms with E-state index in [4.69, 9.17) is 4.42 Å². The molecule has 1 aromatic carbocycles. The fourth-order valence-corrected chi connectivity index (χ4v) is 3.38. The molecule has 3 rings (SSSR count). The third-order valence-corrected chi connectivity index (χ3v) is 4.96. The van der Waals surface area contributed by atoms with E-state index in [1.165, 1.54) is 0 Å². The molecule has 7 nitrogen and oxygen atoms in total. The van der Waals surface area contributed by atoms with Gasteiger partial charge in [0.2, 0.25) is 11.8 Å². The van der Waals surface area contributed by atoms with Gasteiger partial charge in [-0.15, -0.1) is 0 Å². The van der Waals surface area contributed by atoms with E-state index in [0.717, 1.165) is 49.7 Å². The molecule has 1 aromatic heterocycles. The highest BCUT2D eigenvalue weighted by Gasteiger charge is 2.24. The Morgan fingerprint density at radius 2 is 2.00 bits per heavy atom.